The first-order valence-corrected chi connectivity index (χ1v) is 9.98. The topological polar surface area (TPSA) is 46.9 Å². The molecule has 0 aliphatic carbocycles. The van der Waals surface area contributed by atoms with Crippen molar-refractivity contribution >= 4 is 44.2 Å². The number of carbonyl (C=O) groups excluding carboxylic acids is 1. The Labute approximate surface area is 168 Å². The molecule has 1 heterocycles. The van der Waals surface area contributed by atoms with E-state index in [1.807, 2.05) is 18.2 Å². The molecule has 0 unspecified atom stereocenters. The van der Waals surface area contributed by atoms with Crippen molar-refractivity contribution in [3.63, 3.8) is 0 Å². The minimum Gasteiger partial charge on any atom is -0.497 e. The van der Waals surface area contributed by atoms with E-state index >= 15 is 0 Å². The van der Waals surface area contributed by atoms with Crippen LogP contribution in [0, 0.1) is 0 Å². The summed E-state index contributed by atoms with van der Waals surface area (Å²) in [5.41, 5.74) is 1.47. The van der Waals surface area contributed by atoms with E-state index in [0.29, 0.717) is 22.3 Å². The summed E-state index contributed by atoms with van der Waals surface area (Å²) in [6.45, 7) is 1.59. The van der Waals surface area contributed by atoms with E-state index in [4.69, 9.17) is 16.3 Å². The number of hydrogen-bond donors (Lipinski definition) is 1. The number of methoxy groups -OCH3 is 1. The van der Waals surface area contributed by atoms with Gasteiger partial charge in [-0.25, -0.2) is 4.98 Å². The predicted molar refractivity (Wildman–Crippen MR) is 112 cm³/mol. The van der Waals surface area contributed by atoms with Crippen molar-refractivity contribution in [3.8, 4) is 5.75 Å². The third-order valence-corrected chi connectivity index (χ3v) is 5.49. The van der Waals surface area contributed by atoms with Crippen LogP contribution in [0.5, 0.6) is 5.75 Å². The van der Waals surface area contributed by atoms with Crippen LogP contribution in [0.3, 0.4) is 0 Å². The average Bonchev–Trinajstić information content (AvgIpc) is 3.07. The zero-order valence-electron chi connectivity index (χ0n) is 15.7. The lowest BCUT2D eigenvalue weighted by Gasteiger charge is -2.20. The Balaban J connectivity index is 1.91. The molecule has 1 aromatic heterocycles. The fourth-order valence-corrected chi connectivity index (χ4v) is 4.03. The molecule has 1 amide bonds. The van der Waals surface area contributed by atoms with Gasteiger partial charge in [-0.2, -0.15) is 0 Å². The molecule has 0 aliphatic heterocycles. The molecule has 27 heavy (non-hydrogen) atoms. The first-order chi connectivity index (χ1) is 13.0. The monoisotopic (exact) mass is 404 g/mol. The Hall–Kier alpha value is -2.15. The molecule has 2 aromatic carbocycles. The molecule has 0 bridgehead atoms. The van der Waals surface area contributed by atoms with E-state index in [0.717, 1.165) is 28.9 Å². The number of anilines is 1. The molecule has 0 radical (unpaired) electrons. The number of benzene rings is 2. The molecule has 1 N–H and O–H groups in total. The molecule has 7 heteroatoms. The van der Waals surface area contributed by atoms with E-state index in [2.05, 4.69) is 19.1 Å². The number of ether oxygens (including phenoxy) is 1. The maximum Gasteiger partial charge on any atom is 0.260 e. The maximum absolute atomic E-state index is 13.2. The van der Waals surface area contributed by atoms with Crippen LogP contribution in [0.4, 0.5) is 5.13 Å². The molecule has 0 saturated heterocycles. The number of rotatable bonds is 7. The van der Waals surface area contributed by atoms with E-state index in [-0.39, 0.29) is 5.91 Å². The lowest BCUT2D eigenvalue weighted by atomic mass is 10.2. The van der Waals surface area contributed by atoms with Gasteiger partial charge in [-0.1, -0.05) is 22.9 Å². The van der Waals surface area contributed by atoms with Gasteiger partial charge in [-0.3, -0.25) is 9.69 Å². The van der Waals surface area contributed by atoms with Crippen molar-refractivity contribution in [2.75, 3.05) is 39.2 Å². The summed E-state index contributed by atoms with van der Waals surface area (Å²) in [5.74, 6) is 0.667. The van der Waals surface area contributed by atoms with Gasteiger partial charge in [-0.15, -0.1) is 0 Å². The van der Waals surface area contributed by atoms with Crippen molar-refractivity contribution in [2.24, 2.45) is 0 Å². The highest BCUT2D eigenvalue weighted by Gasteiger charge is 2.21. The average molecular weight is 405 g/mol. The minimum absolute atomic E-state index is 0.0587. The quantitative estimate of drug-likeness (QED) is 0.658. The molecule has 0 atom stereocenters. The van der Waals surface area contributed by atoms with Crippen LogP contribution in [-0.4, -0.2) is 45.2 Å². The first-order valence-electron chi connectivity index (χ1n) is 8.79. The van der Waals surface area contributed by atoms with Crippen LogP contribution in [0.1, 0.15) is 16.8 Å². The number of halogens is 1. The standard InChI is InChI=1S/C20H22ClN3O2S/c1-23(2)11-4-12-24(19(25)14-5-8-16(26-3)9-6-14)20-22-17-10-7-15(21)13-18(17)27-20/h5-10,13H,4,11-12H2,1-3H3/p+1. The van der Waals surface area contributed by atoms with Gasteiger partial charge in [0, 0.05) is 23.6 Å². The molecular formula is C20H23ClN3O2S+. The zero-order chi connectivity index (χ0) is 19.4. The van der Waals surface area contributed by atoms with Gasteiger partial charge >= 0.3 is 0 Å². The van der Waals surface area contributed by atoms with Gasteiger partial charge < -0.3 is 9.64 Å². The van der Waals surface area contributed by atoms with Crippen LogP contribution in [-0.2, 0) is 0 Å². The summed E-state index contributed by atoms with van der Waals surface area (Å²) in [6.07, 6.45) is 0.890. The number of thiazole rings is 1. The largest absolute Gasteiger partial charge is 0.497 e. The summed E-state index contributed by atoms with van der Waals surface area (Å²) in [7, 11) is 5.82. The van der Waals surface area contributed by atoms with E-state index in [9.17, 15) is 4.79 Å². The Morgan fingerprint density at radius 2 is 1.96 bits per heavy atom. The van der Waals surface area contributed by atoms with E-state index in [1.165, 1.54) is 16.2 Å². The van der Waals surface area contributed by atoms with Crippen molar-refractivity contribution in [3.05, 3.63) is 53.1 Å². The van der Waals surface area contributed by atoms with Gasteiger partial charge in [0.25, 0.3) is 5.91 Å². The Morgan fingerprint density at radius 3 is 2.63 bits per heavy atom. The van der Waals surface area contributed by atoms with Gasteiger partial charge in [0.1, 0.15) is 5.75 Å². The SMILES string of the molecule is COc1ccc(C(=O)N(CCC[NH+](C)C)c2nc3ccc(Cl)cc3s2)cc1. The van der Waals surface area contributed by atoms with Crippen LogP contribution in [0.15, 0.2) is 42.5 Å². The number of hydrogen-bond acceptors (Lipinski definition) is 4. The number of nitrogens with one attached hydrogen (secondary N) is 1. The summed E-state index contributed by atoms with van der Waals surface area (Å²) >= 11 is 7.58. The Morgan fingerprint density at radius 1 is 1.22 bits per heavy atom. The number of amides is 1. The van der Waals surface area contributed by atoms with Gasteiger partial charge in [0.2, 0.25) is 0 Å². The molecular weight excluding hydrogens is 382 g/mol. The first kappa shape index (κ1) is 19.6. The molecule has 142 valence electrons. The van der Waals surface area contributed by atoms with Crippen molar-refractivity contribution < 1.29 is 14.4 Å². The Kier molecular flexibility index (Phi) is 6.31. The second kappa shape index (κ2) is 8.69. The van der Waals surface area contributed by atoms with Crippen molar-refractivity contribution in [1.29, 1.82) is 0 Å². The minimum atomic E-state index is -0.0587. The van der Waals surface area contributed by atoms with Crippen LogP contribution < -0.4 is 14.5 Å². The van der Waals surface area contributed by atoms with Gasteiger partial charge in [0.05, 0.1) is 38.0 Å². The fraction of sp³-hybridized carbons (Fsp3) is 0.300. The normalized spacial score (nSPS) is 11.1. The molecule has 0 spiro atoms. The second-order valence-corrected chi connectivity index (χ2v) is 8.05. The highest BCUT2D eigenvalue weighted by molar-refractivity contribution is 7.22. The molecule has 0 aliphatic rings. The van der Waals surface area contributed by atoms with Crippen LogP contribution >= 0.6 is 22.9 Å². The highest BCUT2D eigenvalue weighted by Crippen LogP contribution is 2.31. The third kappa shape index (κ3) is 4.77. The maximum atomic E-state index is 13.2. The molecule has 3 rings (SSSR count). The highest BCUT2D eigenvalue weighted by atomic mass is 35.5. The fourth-order valence-electron chi connectivity index (χ4n) is 2.77. The number of quaternary nitrogens is 1. The van der Waals surface area contributed by atoms with Crippen molar-refractivity contribution in [1.82, 2.24) is 4.98 Å². The number of fused-ring (bicyclic) bond motifs is 1. The third-order valence-electron chi connectivity index (χ3n) is 4.21. The van der Waals surface area contributed by atoms with Crippen LogP contribution in [0.2, 0.25) is 5.02 Å². The summed E-state index contributed by atoms with van der Waals surface area (Å²) in [4.78, 5) is 21.0. The van der Waals surface area contributed by atoms with E-state index in [1.54, 1.807) is 36.3 Å². The van der Waals surface area contributed by atoms with E-state index < -0.39 is 0 Å². The summed E-state index contributed by atoms with van der Waals surface area (Å²) in [5, 5.41) is 1.36. The van der Waals surface area contributed by atoms with Crippen LogP contribution in [0.25, 0.3) is 10.2 Å². The molecule has 0 fully saturated rings. The smallest absolute Gasteiger partial charge is 0.260 e. The molecule has 0 saturated carbocycles. The Bertz CT molecular complexity index is 925. The lowest BCUT2D eigenvalue weighted by molar-refractivity contribution is -0.858. The second-order valence-electron chi connectivity index (χ2n) is 6.60. The zero-order valence-corrected chi connectivity index (χ0v) is 17.2. The van der Waals surface area contributed by atoms with Gasteiger partial charge in [-0.05, 0) is 42.5 Å². The number of nitrogens with zero attached hydrogens (tertiary/aromatic N) is 2. The van der Waals surface area contributed by atoms with Crippen molar-refractivity contribution in [2.45, 2.75) is 6.42 Å². The molecule has 3 aromatic rings. The lowest BCUT2D eigenvalue weighted by Crippen LogP contribution is -3.05. The summed E-state index contributed by atoms with van der Waals surface area (Å²) in [6, 6.07) is 12.8. The predicted octanol–water partition coefficient (Wildman–Crippen LogP) is 3.14. The summed E-state index contributed by atoms with van der Waals surface area (Å²) < 4.78 is 6.16. The number of aromatic nitrogens is 1. The number of carbonyl (C=O) groups is 1. The molecule has 5 nitrogen and oxygen atoms in total. The van der Waals surface area contributed by atoms with Gasteiger partial charge in [0.15, 0.2) is 5.13 Å².